The van der Waals surface area contributed by atoms with Gasteiger partial charge in [-0.05, 0) is 55.7 Å². The first-order valence-electron chi connectivity index (χ1n) is 7.20. The van der Waals surface area contributed by atoms with Crippen LogP contribution in [-0.2, 0) is 10.0 Å². The summed E-state index contributed by atoms with van der Waals surface area (Å²) in [4.78, 5) is 0.188. The molecule has 0 bridgehead atoms. The van der Waals surface area contributed by atoms with E-state index in [-0.39, 0.29) is 9.92 Å². The third-order valence-corrected chi connectivity index (χ3v) is 6.16. The van der Waals surface area contributed by atoms with E-state index in [1.165, 1.54) is 18.2 Å². The summed E-state index contributed by atoms with van der Waals surface area (Å²) < 4.78 is 27.2. The lowest BCUT2D eigenvalue weighted by Gasteiger charge is -2.22. The molecule has 0 N–H and O–H groups in total. The van der Waals surface area contributed by atoms with Crippen molar-refractivity contribution in [1.29, 1.82) is 5.26 Å². The maximum absolute atomic E-state index is 12.8. The van der Waals surface area contributed by atoms with Gasteiger partial charge in [0.1, 0.15) is 6.07 Å². The van der Waals surface area contributed by atoms with Gasteiger partial charge in [-0.2, -0.15) is 9.57 Å². The van der Waals surface area contributed by atoms with E-state index in [1.807, 2.05) is 6.07 Å². The Kier molecular flexibility index (Phi) is 3.96. The van der Waals surface area contributed by atoms with Gasteiger partial charge in [0.15, 0.2) is 0 Å². The van der Waals surface area contributed by atoms with Gasteiger partial charge in [0.25, 0.3) is 0 Å². The van der Waals surface area contributed by atoms with E-state index in [0.717, 1.165) is 25.7 Å². The zero-order valence-electron chi connectivity index (χ0n) is 11.6. The fraction of sp³-hybridized carbons (Fsp3) is 0.533. The summed E-state index contributed by atoms with van der Waals surface area (Å²) in [5.41, 5.74) is 0.298. The monoisotopic (exact) mass is 324 g/mol. The summed E-state index contributed by atoms with van der Waals surface area (Å²) in [5, 5.41) is 9.07. The van der Waals surface area contributed by atoms with Crippen LogP contribution in [0.1, 0.15) is 31.2 Å². The minimum atomic E-state index is -3.52. The minimum absolute atomic E-state index is 0.188. The molecule has 0 aromatic heterocycles. The zero-order chi connectivity index (χ0) is 15.0. The number of rotatable bonds is 6. The molecule has 21 heavy (non-hydrogen) atoms. The lowest BCUT2D eigenvalue weighted by molar-refractivity contribution is 0.382. The van der Waals surface area contributed by atoms with Gasteiger partial charge in [0, 0.05) is 13.1 Å². The van der Waals surface area contributed by atoms with Gasteiger partial charge in [-0.15, -0.1) is 0 Å². The molecule has 2 aliphatic rings. The van der Waals surface area contributed by atoms with E-state index in [4.69, 9.17) is 16.9 Å². The number of sulfonamides is 1. The highest BCUT2D eigenvalue weighted by atomic mass is 35.5. The third kappa shape index (κ3) is 3.39. The van der Waals surface area contributed by atoms with Crippen LogP contribution in [0, 0.1) is 23.2 Å². The van der Waals surface area contributed by atoms with Crippen LogP contribution < -0.4 is 0 Å². The highest BCUT2D eigenvalue weighted by Crippen LogP contribution is 2.36. The molecule has 0 heterocycles. The van der Waals surface area contributed by atoms with E-state index in [1.54, 1.807) is 4.31 Å². The van der Waals surface area contributed by atoms with E-state index in [2.05, 4.69) is 0 Å². The minimum Gasteiger partial charge on any atom is -0.207 e. The molecule has 2 saturated carbocycles. The Balaban J connectivity index is 1.88. The number of halogens is 1. The number of nitrogens with zero attached hydrogens (tertiary/aromatic N) is 2. The van der Waals surface area contributed by atoms with Crippen molar-refractivity contribution in [3.05, 3.63) is 28.8 Å². The summed E-state index contributed by atoms with van der Waals surface area (Å²) in [6.45, 7) is 1.22. The van der Waals surface area contributed by atoms with Crippen molar-refractivity contribution < 1.29 is 8.42 Å². The smallest absolute Gasteiger partial charge is 0.207 e. The SMILES string of the molecule is N#Cc1ccc(S(=O)(=O)N(CC2CC2)CC2CC2)cc1Cl. The predicted molar refractivity (Wildman–Crippen MR) is 80.4 cm³/mol. The topological polar surface area (TPSA) is 61.2 Å². The number of nitriles is 1. The Labute approximate surface area is 130 Å². The summed E-state index contributed by atoms with van der Waals surface area (Å²) in [6.07, 6.45) is 4.46. The second-order valence-electron chi connectivity index (χ2n) is 5.96. The molecular formula is C15H17ClN2O2S. The van der Waals surface area contributed by atoms with Crippen LogP contribution >= 0.6 is 11.6 Å². The van der Waals surface area contributed by atoms with Crippen LogP contribution in [0.25, 0.3) is 0 Å². The van der Waals surface area contributed by atoms with Crippen molar-refractivity contribution in [3.8, 4) is 6.07 Å². The molecule has 2 fully saturated rings. The molecule has 6 heteroatoms. The van der Waals surface area contributed by atoms with Crippen LogP contribution in [0.15, 0.2) is 23.1 Å². The van der Waals surface area contributed by atoms with Gasteiger partial charge in [-0.25, -0.2) is 8.42 Å². The van der Waals surface area contributed by atoms with Gasteiger partial charge in [-0.1, -0.05) is 11.6 Å². The number of hydrogen-bond acceptors (Lipinski definition) is 3. The summed E-state index contributed by atoms with van der Waals surface area (Å²) in [6, 6.07) is 6.29. The molecule has 2 aliphatic carbocycles. The quantitative estimate of drug-likeness (QED) is 0.808. The van der Waals surface area contributed by atoms with Crippen molar-refractivity contribution in [2.45, 2.75) is 30.6 Å². The van der Waals surface area contributed by atoms with Gasteiger partial charge < -0.3 is 0 Å². The first kappa shape index (κ1) is 14.8. The second-order valence-corrected chi connectivity index (χ2v) is 8.31. The molecule has 0 amide bonds. The molecule has 0 atom stereocenters. The Bertz CT molecular complexity index is 674. The average molecular weight is 325 g/mol. The largest absolute Gasteiger partial charge is 0.243 e. The van der Waals surface area contributed by atoms with E-state index < -0.39 is 10.0 Å². The summed E-state index contributed by atoms with van der Waals surface area (Å²) in [7, 11) is -3.52. The molecule has 0 spiro atoms. The van der Waals surface area contributed by atoms with Crippen molar-refractivity contribution in [3.63, 3.8) is 0 Å². The van der Waals surface area contributed by atoms with Crippen molar-refractivity contribution in [2.24, 2.45) is 11.8 Å². The van der Waals surface area contributed by atoms with Gasteiger partial charge in [-0.3, -0.25) is 0 Å². The first-order chi connectivity index (χ1) is 10.0. The van der Waals surface area contributed by atoms with Crippen LogP contribution in [-0.4, -0.2) is 25.8 Å². The second kappa shape index (κ2) is 5.60. The first-order valence-corrected chi connectivity index (χ1v) is 9.02. The molecule has 0 aliphatic heterocycles. The molecule has 1 aromatic carbocycles. The van der Waals surface area contributed by atoms with Gasteiger partial charge >= 0.3 is 0 Å². The van der Waals surface area contributed by atoms with Gasteiger partial charge in [0.2, 0.25) is 10.0 Å². The Morgan fingerprint density at radius 3 is 2.19 bits per heavy atom. The highest BCUT2D eigenvalue weighted by Gasteiger charge is 2.35. The normalized spacial score (nSPS) is 18.7. The molecule has 3 rings (SSSR count). The summed E-state index contributed by atoms with van der Waals surface area (Å²) >= 11 is 5.97. The average Bonchev–Trinajstić information content (AvgIpc) is 3.33. The molecule has 0 saturated heterocycles. The molecule has 0 unspecified atom stereocenters. The molecule has 0 radical (unpaired) electrons. The fourth-order valence-corrected chi connectivity index (χ4v) is 4.25. The lowest BCUT2D eigenvalue weighted by atomic mass is 10.2. The van der Waals surface area contributed by atoms with Crippen molar-refractivity contribution in [2.75, 3.05) is 13.1 Å². The zero-order valence-corrected chi connectivity index (χ0v) is 13.2. The Hall–Kier alpha value is -1.09. The highest BCUT2D eigenvalue weighted by molar-refractivity contribution is 7.89. The lowest BCUT2D eigenvalue weighted by Crippen LogP contribution is -2.34. The summed E-state index contributed by atoms with van der Waals surface area (Å²) in [5.74, 6) is 1.01. The standard InChI is InChI=1S/C15H17ClN2O2S/c16-15-7-14(6-5-13(15)8-17)21(19,20)18(9-11-1-2-11)10-12-3-4-12/h5-7,11-12H,1-4,9-10H2. The predicted octanol–water partition coefficient (Wildman–Crippen LogP) is 3.02. The van der Waals surface area contributed by atoms with E-state index in [9.17, 15) is 8.42 Å². The van der Waals surface area contributed by atoms with Crippen molar-refractivity contribution in [1.82, 2.24) is 4.31 Å². The Morgan fingerprint density at radius 2 is 1.76 bits per heavy atom. The molecular weight excluding hydrogens is 308 g/mol. The molecule has 4 nitrogen and oxygen atoms in total. The maximum Gasteiger partial charge on any atom is 0.243 e. The molecule has 112 valence electrons. The van der Waals surface area contributed by atoms with Crippen LogP contribution in [0.5, 0.6) is 0 Å². The van der Waals surface area contributed by atoms with E-state index >= 15 is 0 Å². The number of hydrogen-bond donors (Lipinski definition) is 0. The maximum atomic E-state index is 12.8. The third-order valence-electron chi connectivity index (χ3n) is 4.02. The number of benzene rings is 1. The van der Waals surface area contributed by atoms with E-state index in [0.29, 0.717) is 30.5 Å². The van der Waals surface area contributed by atoms with Crippen molar-refractivity contribution >= 4 is 21.6 Å². The molecule has 1 aromatic rings. The van der Waals surface area contributed by atoms with Crippen LogP contribution in [0.3, 0.4) is 0 Å². The Morgan fingerprint density at radius 1 is 1.19 bits per heavy atom. The van der Waals surface area contributed by atoms with Crippen LogP contribution in [0.2, 0.25) is 5.02 Å². The fourth-order valence-electron chi connectivity index (χ4n) is 2.34. The van der Waals surface area contributed by atoms with Gasteiger partial charge in [0.05, 0.1) is 15.5 Å². The van der Waals surface area contributed by atoms with Crippen LogP contribution in [0.4, 0.5) is 0 Å².